The number of carbonyl (C=O) groups is 1. The van der Waals surface area contributed by atoms with E-state index in [0.29, 0.717) is 42.2 Å². The molecular formula is C32H33N11O. The number of nitrogens with one attached hydrogen (secondary N) is 1. The van der Waals surface area contributed by atoms with Gasteiger partial charge in [-0.2, -0.15) is 10.4 Å². The summed E-state index contributed by atoms with van der Waals surface area (Å²) in [6.45, 7) is 1.48. The molecule has 1 aromatic carbocycles. The van der Waals surface area contributed by atoms with Crippen molar-refractivity contribution in [3.8, 4) is 29.0 Å². The number of nitrogen functional groups attached to an aromatic ring is 1. The number of piperidine rings is 1. The fourth-order valence-electron chi connectivity index (χ4n) is 6.36. The van der Waals surface area contributed by atoms with Gasteiger partial charge in [-0.3, -0.25) is 4.57 Å². The minimum Gasteiger partial charge on any atom is -0.383 e. The summed E-state index contributed by atoms with van der Waals surface area (Å²) < 4.78 is 3.80. The molecular weight excluding hydrogens is 554 g/mol. The SMILES string of the molecule is CN(CC#N)C(=O)N1CCC(N[C@H]2CCc3cc(-n4c(-c5cccnc5N)nc5ccc(-n6cccn6)nc54)ccc32)CC1. The van der Waals surface area contributed by atoms with Gasteiger partial charge in [0.15, 0.2) is 17.3 Å². The molecule has 0 unspecified atom stereocenters. The molecule has 12 heteroatoms. The van der Waals surface area contributed by atoms with Crippen LogP contribution in [0.2, 0.25) is 0 Å². The number of urea groups is 1. The zero-order chi connectivity index (χ0) is 30.2. The highest BCUT2D eigenvalue weighted by molar-refractivity contribution is 5.83. The highest BCUT2D eigenvalue weighted by atomic mass is 16.2. The van der Waals surface area contributed by atoms with E-state index in [-0.39, 0.29) is 18.6 Å². The first-order valence-corrected chi connectivity index (χ1v) is 14.9. The highest BCUT2D eigenvalue weighted by Crippen LogP contribution is 2.36. The fourth-order valence-corrected chi connectivity index (χ4v) is 6.36. The van der Waals surface area contributed by atoms with Crippen LogP contribution in [0.5, 0.6) is 0 Å². The summed E-state index contributed by atoms with van der Waals surface area (Å²) in [4.78, 5) is 30.2. The van der Waals surface area contributed by atoms with Gasteiger partial charge in [-0.05, 0) is 79.3 Å². The van der Waals surface area contributed by atoms with Gasteiger partial charge in [0.05, 0.1) is 11.6 Å². The standard InChI is InChI=1S/C32H33N11O/c1-40(19-13-33)32(44)41-17-11-22(12-18-41)37-26-8-5-21-20-23(6-7-24(21)26)43-30(25-4-2-14-35-29(25)34)38-27-9-10-28(39-31(27)43)42-16-3-15-36-42/h2-4,6-7,9-10,14-16,20,22,26,37H,5,8,11-12,17-19H2,1H3,(H2,34,35)/t26-/m0/s1. The van der Waals surface area contributed by atoms with E-state index in [9.17, 15) is 4.79 Å². The average molecular weight is 588 g/mol. The van der Waals surface area contributed by atoms with Gasteiger partial charge >= 0.3 is 6.03 Å². The molecule has 1 saturated heterocycles. The van der Waals surface area contributed by atoms with Gasteiger partial charge < -0.3 is 20.9 Å². The number of nitrogens with two attached hydrogens (primary N) is 1. The molecule has 0 spiro atoms. The number of hydrogen-bond donors (Lipinski definition) is 2. The first-order valence-electron chi connectivity index (χ1n) is 14.9. The number of pyridine rings is 2. The molecule has 1 atom stereocenters. The summed E-state index contributed by atoms with van der Waals surface area (Å²) in [5.41, 5.74) is 12.1. The second-order valence-corrected chi connectivity index (χ2v) is 11.4. The van der Waals surface area contributed by atoms with Crippen LogP contribution in [-0.2, 0) is 6.42 Å². The number of benzene rings is 1. The second-order valence-electron chi connectivity index (χ2n) is 11.4. The number of imidazole rings is 1. The number of nitrogens with zero attached hydrogens (tertiary/aromatic N) is 9. The third-order valence-corrected chi connectivity index (χ3v) is 8.61. The molecule has 0 radical (unpaired) electrons. The van der Waals surface area contributed by atoms with E-state index in [1.54, 1.807) is 24.1 Å². The summed E-state index contributed by atoms with van der Waals surface area (Å²) in [6, 6.07) is 18.7. The Balaban J connectivity index is 1.17. The third-order valence-electron chi connectivity index (χ3n) is 8.61. The number of likely N-dealkylation sites (tertiary alicyclic amines) is 1. The lowest BCUT2D eigenvalue weighted by Crippen LogP contribution is -2.49. The van der Waals surface area contributed by atoms with Crippen molar-refractivity contribution in [1.29, 1.82) is 5.26 Å². The monoisotopic (exact) mass is 587 g/mol. The van der Waals surface area contributed by atoms with Gasteiger partial charge in [-0.25, -0.2) is 24.4 Å². The first kappa shape index (κ1) is 27.5. The van der Waals surface area contributed by atoms with E-state index in [0.717, 1.165) is 42.5 Å². The Hall–Kier alpha value is -5.28. The number of hydrogen-bond acceptors (Lipinski definition) is 8. The minimum absolute atomic E-state index is 0.0746. The average Bonchev–Trinajstić information content (AvgIpc) is 3.80. The molecule has 44 heavy (non-hydrogen) atoms. The Morgan fingerprint density at radius 1 is 1.11 bits per heavy atom. The molecule has 0 saturated carbocycles. The molecule has 0 bridgehead atoms. The van der Waals surface area contributed by atoms with Crippen LogP contribution >= 0.6 is 0 Å². The van der Waals surface area contributed by atoms with Gasteiger partial charge in [0, 0.05) is 56.5 Å². The van der Waals surface area contributed by atoms with E-state index < -0.39 is 0 Å². The number of aryl methyl sites for hydroxylation is 1. The number of anilines is 1. The quantitative estimate of drug-likeness (QED) is 0.285. The molecule has 1 aliphatic heterocycles. The summed E-state index contributed by atoms with van der Waals surface area (Å²) in [5.74, 6) is 1.79. The largest absolute Gasteiger partial charge is 0.383 e. The summed E-state index contributed by atoms with van der Waals surface area (Å²) in [5, 5.41) is 17.1. The Kier molecular flexibility index (Phi) is 7.15. The van der Waals surface area contributed by atoms with E-state index in [4.69, 9.17) is 21.0 Å². The third kappa shape index (κ3) is 5.01. The molecule has 1 aliphatic carbocycles. The van der Waals surface area contributed by atoms with E-state index in [2.05, 4.69) is 38.2 Å². The van der Waals surface area contributed by atoms with Crippen LogP contribution in [0.25, 0.3) is 34.1 Å². The second kappa shape index (κ2) is 11.4. The number of carbonyl (C=O) groups excluding carboxylic acids is 1. The summed E-state index contributed by atoms with van der Waals surface area (Å²) in [6.07, 6.45) is 9.02. The van der Waals surface area contributed by atoms with E-state index in [1.807, 2.05) is 47.5 Å². The Morgan fingerprint density at radius 2 is 1.98 bits per heavy atom. The lowest BCUT2D eigenvalue weighted by Gasteiger charge is -2.35. The van der Waals surface area contributed by atoms with Gasteiger partial charge in [0.25, 0.3) is 0 Å². The maximum atomic E-state index is 12.6. The fraction of sp³-hybridized carbons (Fsp3) is 0.312. The molecule has 2 aliphatic rings. The molecule has 12 nitrogen and oxygen atoms in total. The van der Waals surface area contributed by atoms with Crippen LogP contribution in [-0.4, -0.2) is 77.9 Å². The van der Waals surface area contributed by atoms with Crippen molar-refractivity contribution in [2.24, 2.45) is 0 Å². The van der Waals surface area contributed by atoms with Crippen molar-refractivity contribution in [2.75, 3.05) is 32.4 Å². The van der Waals surface area contributed by atoms with Crippen molar-refractivity contribution in [2.45, 2.75) is 37.8 Å². The molecule has 3 N–H and O–H groups in total. The van der Waals surface area contributed by atoms with Crippen LogP contribution in [0.15, 0.2) is 67.1 Å². The Labute approximate surface area is 254 Å². The molecule has 4 aromatic heterocycles. The van der Waals surface area contributed by atoms with E-state index >= 15 is 0 Å². The zero-order valence-electron chi connectivity index (χ0n) is 24.5. The van der Waals surface area contributed by atoms with Crippen LogP contribution in [0.3, 0.4) is 0 Å². The van der Waals surface area contributed by atoms with Gasteiger partial charge in [-0.15, -0.1) is 0 Å². The smallest absolute Gasteiger partial charge is 0.320 e. The lowest BCUT2D eigenvalue weighted by atomic mass is 10.0. The first-order chi connectivity index (χ1) is 21.5. The van der Waals surface area contributed by atoms with Crippen molar-refractivity contribution in [3.63, 3.8) is 0 Å². The summed E-state index contributed by atoms with van der Waals surface area (Å²) in [7, 11) is 1.68. The predicted molar refractivity (Wildman–Crippen MR) is 166 cm³/mol. The summed E-state index contributed by atoms with van der Waals surface area (Å²) >= 11 is 0. The molecule has 5 aromatic rings. The number of rotatable bonds is 6. The molecule has 2 amide bonds. The number of amides is 2. The molecule has 1 fully saturated rings. The molecule has 7 rings (SSSR count). The topological polar surface area (TPSA) is 147 Å². The van der Waals surface area contributed by atoms with Crippen molar-refractivity contribution in [1.82, 2.24) is 44.4 Å². The number of fused-ring (bicyclic) bond motifs is 2. The molecule has 5 heterocycles. The highest BCUT2D eigenvalue weighted by Gasteiger charge is 2.30. The zero-order valence-corrected chi connectivity index (χ0v) is 24.5. The van der Waals surface area contributed by atoms with Crippen LogP contribution in [0, 0.1) is 11.3 Å². The number of aromatic nitrogens is 6. The van der Waals surface area contributed by atoms with Crippen LogP contribution in [0.4, 0.5) is 10.6 Å². The van der Waals surface area contributed by atoms with Gasteiger partial charge in [-0.1, -0.05) is 6.07 Å². The van der Waals surface area contributed by atoms with E-state index in [1.165, 1.54) is 16.0 Å². The maximum absolute atomic E-state index is 12.6. The Bertz CT molecular complexity index is 1870. The lowest BCUT2D eigenvalue weighted by molar-refractivity contribution is 0.147. The normalized spacial score (nSPS) is 16.6. The van der Waals surface area contributed by atoms with Crippen LogP contribution < -0.4 is 11.1 Å². The van der Waals surface area contributed by atoms with Gasteiger partial charge in [0.1, 0.15) is 17.9 Å². The van der Waals surface area contributed by atoms with Crippen LogP contribution in [0.1, 0.15) is 36.4 Å². The molecule has 222 valence electrons. The maximum Gasteiger partial charge on any atom is 0.320 e. The Morgan fingerprint density at radius 3 is 2.75 bits per heavy atom. The predicted octanol–water partition coefficient (Wildman–Crippen LogP) is 3.87. The van der Waals surface area contributed by atoms with Crippen molar-refractivity contribution < 1.29 is 4.79 Å². The number of nitriles is 1. The minimum atomic E-state index is -0.0746. The van der Waals surface area contributed by atoms with Crippen molar-refractivity contribution in [3.05, 3.63) is 78.2 Å². The van der Waals surface area contributed by atoms with Crippen molar-refractivity contribution >= 4 is 23.0 Å². The van der Waals surface area contributed by atoms with Gasteiger partial charge in [0.2, 0.25) is 0 Å².